The summed E-state index contributed by atoms with van der Waals surface area (Å²) in [5.41, 5.74) is 0. The normalized spacial score (nSPS) is 9.27. The minimum atomic E-state index is -0.534. The van der Waals surface area contributed by atoms with E-state index < -0.39 is 6.10 Å². The van der Waals surface area contributed by atoms with Crippen LogP contribution in [0.3, 0.4) is 0 Å². The number of aliphatic hydroxyl groups excluding tert-OH is 2. The Bertz CT molecular complexity index is 60.5. The number of halogens is 3. The van der Waals surface area contributed by atoms with Crippen LogP contribution in [0.15, 0.2) is 0 Å². The molecule has 0 heterocycles. The van der Waals surface area contributed by atoms with Gasteiger partial charge in [-0.25, -0.2) is 0 Å². The number of aliphatic hydroxyl groups is 2. The highest BCUT2D eigenvalue weighted by molar-refractivity contribution is 9.09. The molecule has 0 saturated carbocycles. The summed E-state index contributed by atoms with van der Waals surface area (Å²) in [5.74, 6) is 0.451. The Hall–Kier alpha value is 0.980. The lowest BCUT2D eigenvalue weighted by atomic mass is 10.5. The first-order chi connectivity index (χ1) is 5.22. The van der Waals surface area contributed by atoms with Crippen molar-refractivity contribution in [3.05, 3.63) is 0 Å². The predicted molar refractivity (Wildman–Crippen MR) is 52.9 cm³/mol. The third-order valence-electron chi connectivity index (χ3n) is 0.648. The van der Waals surface area contributed by atoms with E-state index in [4.69, 9.17) is 33.4 Å². The molecular weight excluding hydrogens is 255 g/mol. The van der Waals surface area contributed by atoms with Crippen molar-refractivity contribution in [2.75, 3.05) is 23.7 Å². The Morgan fingerprint density at radius 2 is 1.73 bits per heavy atom. The van der Waals surface area contributed by atoms with Crippen LogP contribution in [-0.2, 0) is 0 Å². The van der Waals surface area contributed by atoms with E-state index in [-0.39, 0.29) is 11.8 Å². The number of hydrogen-bond acceptors (Lipinski definition) is 2. The molecule has 70 valence electrons. The van der Waals surface area contributed by atoms with Crippen molar-refractivity contribution in [3.63, 3.8) is 0 Å². The van der Waals surface area contributed by atoms with E-state index in [2.05, 4.69) is 15.9 Å². The molecule has 0 spiro atoms. The molecule has 0 aliphatic rings. The quantitative estimate of drug-likeness (QED) is 0.760. The molecule has 0 amide bonds. The van der Waals surface area contributed by atoms with Gasteiger partial charge in [-0.05, 0) is 6.42 Å². The molecular formula is C6H13BrCl2O2. The maximum atomic E-state index is 8.40. The molecule has 0 saturated heterocycles. The van der Waals surface area contributed by atoms with Crippen LogP contribution >= 0.6 is 39.1 Å². The van der Waals surface area contributed by atoms with Crippen LogP contribution in [0.25, 0.3) is 0 Å². The summed E-state index contributed by atoms with van der Waals surface area (Å²) in [7, 11) is 0. The minimum Gasteiger partial charge on any atom is -0.396 e. The maximum absolute atomic E-state index is 8.40. The van der Waals surface area contributed by atoms with Crippen LogP contribution in [0.2, 0.25) is 0 Å². The Morgan fingerprint density at radius 1 is 1.27 bits per heavy atom. The lowest BCUT2D eigenvalue weighted by Gasteiger charge is -1.94. The fourth-order valence-electron chi connectivity index (χ4n) is 0.101. The highest BCUT2D eigenvalue weighted by Crippen LogP contribution is 1.88. The third-order valence-corrected chi connectivity index (χ3v) is 1.92. The predicted octanol–water partition coefficient (Wildman–Crippen LogP) is 1.59. The molecule has 0 unspecified atom stereocenters. The summed E-state index contributed by atoms with van der Waals surface area (Å²) in [6.07, 6.45) is 0.327. The molecule has 5 heteroatoms. The lowest BCUT2D eigenvalue weighted by Crippen LogP contribution is -2.08. The van der Waals surface area contributed by atoms with Crippen molar-refractivity contribution in [1.82, 2.24) is 0 Å². The van der Waals surface area contributed by atoms with Gasteiger partial charge in [0.2, 0.25) is 0 Å². The van der Waals surface area contributed by atoms with Crippen molar-refractivity contribution >= 4 is 39.1 Å². The van der Waals surface area contributed by atoms with Crippen molar-refractivity contribution in [2.24, 2.45) is 0 Å². The van der Waals surface area contributed by atoms with E-state index in [1.165, 1.54) is 0 Å². The van der Waals surface area contributed by atoms with Gasteiger partial charge in [0, 0.05) is 23.7 Å². The van der Waals surface area contributed by atoms with Crippen molar-refractivity contribution in [1.29, 1.82) is 0 Å². The van der Waals surface area contributed by atoms with Gasteiger partial charge in [-0.1, -0.05) is 15.9 Å². The number of hydrogen-bond donors (Lipinski definition) is 2. The van der Waals surface area contributed by atoms with Gasteiger partial charge in [-0.15, -0.1) is 23.2 Å². The van der Waals surface area contributed by atoms with Gasteiger partial charge in [0.05, 0.1) is 6.10 Å². The minimum absolute atomic E-state index is 0.226. The van der Waals surface area contributed by atoms with Crippen LogP contribution in [0.5, 0.6) is 0 Å². The zero-order chi connectivity index (χ0) is 9.11. The van der Waals surface area contributed by atoms with Crippen LogP contribution in [0.4, 0.5) is 0 Å². The van der Waals surface area contributed by atoms with Crippen LogP contribution < -0.4 is 0 Å². The first kappa shape index (κ1) is 14.5. The molecule has 11 heavy (non-hydrogen) atoms. The zero-order valence-electron chi connectivity index (χ0n) is 6.14. The average Bonchev–Trinajstić information content (AvgIpc) is 2.06. The maximum Gasteiger partial charge on any atom is 0.0810 e. The van der Waals surface area contributed by atoms with E-state index in [1.54, 1.807) is 0 Å². The van der Waals surface area contributed by atoms with Gasteiger partial charge in [-0.3, -0.25) is 0 Å². The van der Waals surface area contributed by atoms with Gasteiger partial charge >= 0.3 is 0 Å². The Kier molecular flexibility index (Phi) is 17.9. The van der Waals surface area contributed by atoms with E-state index in [0.717, 1.165) is 11.8 Å². The molecule has 0 aromatic rings. The fourth-order valence-corrected chi connectivity index (χ4v) is 0.682. The molecule has 0 rings (SSSR count). The fraction of sp³-hybridized carbons (Fsp3) is 1.00. The third kappa shape index (κ3) is 18.2. The highest BCUT2D eigenvalue weighted by atomic mass is 79.9. The second-order valence-corrected chi connectivity index (χ2v) is 3.14. The molecule has 0 aromatic carbocycles. The first-order valence-electron chi connectivity index (χ1n) is 3.19. The molecule has 0 atom stereocenters. The Labute approximate surface area is 85.6 Å². The smallest absolute Gasteiger partial charge is 0.0810 e. The second kappa shape index (κ2) is 13.6. The molecule has 2 nitrogen and oxygen atoms in total. The van der Waals surface area contributed by atoms with Crippen molar-refractivity contribution in [3.8, 4) is 0 Å². The standard InChI is InChI=1S/C3H7BrO.C3H6Cl2O/c4-2-1-3-5;4-1-3(6)2-5/h5H,1-3H2;3,6H,1-2H2. The number of rotatable bonds is 4. The van der Waals surface area contributed by atoms with E-state index in [1.807, 2.05) is 0 Å². The number of alkyl halides is 3. The molecule has 0 bridgehead atoms. The Balaban J connectivity index is 0. The molecule has 0 aromatic heterocycles. The first-order valence-corrected chi connectivity index (χ1v) is 5.38. The van der Waals surface area contributed by atoms with E-state index in [0.29, 0.717) is 6.61 Å². The van der Waals surface area contributed by atoms with Crippen LogP contribution in [0.1, 0.15) is 6.42 Å². The second-order valence-electron chi connectivity index (χ2n) is 1.73. The summed E-state index contributed by atoms with van der Waals surface area (Å²) in [6.45, 7) is 0.297. The van der Waals surface area contributed by atoms with E-state index in [9.17, 15) is 0 Å². The van der Waals surface area contributed by atoms with Crippen LogP contribution in [0, 0.1) is 0 Å². The molecule has 2 N–H and O–H groups in total. The molecule has 0 aliphatic carbocycles. The summed E-state index contributed by atoms with van der Waals surface area (Å²) in [5, 5.41) is 17.3. The van der Waals surface area contributed by atoms with E-state index >= 15 is 0 Å². The monoisotopic (exact) mass is 266 g/mol. The topological polar surface area (TPSA) is 40.5 Å². The summed E-state index contributed by atoms with van der Waals surface area (Å²) in [4.78, 5) is 0. The molecule has 0 radical (unpaired) electrons. The SMILES string of the molecule is OC(CCl)CCl.OCCCBr. The highest BCUT2D eigenvalue weighted by Gasteiger charge is 1.94. The molecule has 0 aliphatic heterocycles. The molecule has 0 fully saturated rings. The van der Waals surface area contributed by atoms with Crippen molar-refractivity contribution in [2.45, 2.75) is 12.5 Å². The largest absolute Gasteiger partial charge is 0.396 e. The lowest BCUT2D eigenvalue weighted by molar-refractivity contribution is 0.222. The van der Waals surface area contributed by atoms with Gasteiger partial charge < -0.3 is 10.2 Å². The summed E-state index contributed by atoms with van der Waals surface area (Å²) >= 11 is 13.4. The van der Waals surface area contributed by atoms with Gasteiger partial charge in [0.15, 0.2) is 0 Å². The average molecular weight is 268 g/mol. The summed E-state index contributed by atoms with van der Waals surface area (Å²) < 4.78 is 0. The van der Waals surface area contributed by atoms with Gasteiger partial charge in [0.1, 0.15) is 0 Å². The van der Waals surface area contributed by atoms with Gasteiger partial charge in [-0.2, -0.15) is 0 Å². The Morgan fingerprint density at radius 3 is 1.73 bits per heavy atom. The summed E-state index contributed by atoms with van der Waals surface area (Å²) in [6, 6.07) is 0. The van der Waals surface area contributed by atoms with Crippen LogP contribution in [-0.4, -0.2) is 40.0 Å². The van der Waals surface area contributed by atoms with Gasteiger partial charge in [0.25, 0.3) is 0 Å². The van der Waals surface area contributed by atoms with Crippen molar-refractivity contribution < 1.29 is 10.2 Å². The zero-order valence-corrected chi connectivity index (χ0v) is 9.24.